The maximum absolute atomic E-state index is 12.2. The number of carbonyl (C=O) groups excluding carboxylic acids is 2. The maximum atomic E-state index is 12.2. The maximum Gasteiger partial charge on any atom is 0.341 e. The van der Waals surface area contributed by atoms with Crippen molar-refractivity contribution in [2.45, 2.75) is 13.8 Å². The number of carbonyl (C=O) groups is 2. The van der Waals surface area contributed by atoms with Gasteiger partial charge in [-0.05, 0) is 38.1 Å². The summed E-state index contributed by atoms with van der Waals surface area (Å²) in [5, 5.41) is 7.61. The second-order valence-electron chi connectivity index (χ2n) is 4.37. The van der Waals surface area contributed by atoms with Crippen molar-refractivity contribution in [1.29, 1.82) is 0 Å². The summed E-state index contributed by atoms with van der Waals surface area (Å²) in [4.78, 5) is 22.8. The Bertz CT molecular complexity index is 683. The molecule has 0 saturated carbocycles. The first-order valence-electron chi connectivity index (χ1n) is 6.60. The number of esters is 1. The Labute approximate surface area is 137 Å². The fraction of sp³-hybridized carbons (Fsp3) is 0.200. The summed E-state index contributed by atoms with van der Waals surface area (Å²) in [7, 11) is 0. The highest BCUT2D eigenvalue weighted by Crippen LogP contribution is 2.39. The molecule has 7 heteroatoms. The van der Waals surface area contributed by atoms with E-state index < -0.39 is 5.97 Å². The smallest absolute Gasteiger partial charge is 0.341 e. The molecule has 0 spiro atoms. The first kappa shape index (κ1) is 16.3. The van der Waals surface area contributed by atoms with E-state index in [1.165, 1.54) is 11.3 Å². The number of ether oxygens (including phenoxy) is 1. The molecule has 0 radical (unpaired) electrons. The fourth-order valence-corrected chi connectivity index (χ4v) is 3.11. The van der Waals surface area contributed by atoms with Gasteiger partial charge in [-0.3, -0.25) is 4.79 Å². The second kappa shape index (κ2) is 7.29. The van der Waals surface area contributed by atoms with Crippen LogP contribution in [-0.2, 0) is 9.53 Å². The van der Waals surface area contributed by atoms with E-state index in [-0.39, 0.29) is 6.61 Å². The van der Waals surface area contributed by atoms with Gasteiger partial charge in [-0.25, -0.2) is 4.79 Å². The van der Waals surface area contributed by atoms with Crippen molar-refractivity contribution in [2.75, 3.05) is 17.2 Å². The van der Waals surface area contributed by atoms with E-state index in [1.807, 2.05) is 0 Å². The number of halogens is 1. The molecule has 5 nitrogen and oxygen atoms in total. The minimum atomic E-state index is -0.424. The molecule has 0 aliphatic carbocycles. The summed E-state index contributed by atoms with van der Waals surface area (Å²) in [6, 6.07) is 7.11. The van der Waals surface area contributed by atoms with E-state index in [4.69, 9.17) is 16.3 Å². The molecule has 22 heavy (non-hydrogen) atoms. The van der Waals surface area contributed by atoms with Gasteiger partial charge in [-0.2, -0.15) is 0 Å². The average Bonchev–Trinajstić information content (AvgIpc) is 2.78. The van der Waals surface area contributed by atoms with E-state index in [2.05, 4.69) is 10.6 Å². The van der Waals surface area contributed by atoms with Gasteiger partial charge in [0, 0.05) is 16.3 Å². The number of anilines is 3. The average molecular weight is 339 g/mol. The molecule has 2 aromatic rings. The van der Waals surface area contributed by atoms with E-state index in [9.17, 15) is 9.59 Å². The van der Waals surface area contributed by atoms with Crippen LogP contribution >= 0.6 is 22.9 Å². The van der Waals surface area contributed by atoms with Crippen LogP contribution in [0.5, 0.6) is 0 Å². The molecule has 1 heterocycles. The second-order valence-corrected chi connectivity index (χ2v) is 5.83. The molecule has 0 aliphatic rings. The molecule has 1 aromatic carbocycles. The Morgan fingerprint density at radius 2 is 2.00 bits per heavy atom. The highest BCUT2D eigenvalue weighted by Gasteiger charge is 2.22. The van der Waals surface area contributed by atoms with Crippen LogP contribution in [0.1, 0.15) is 22.8 Å². The lowest BCUT2D eigenvalue weighted by molar-refractivity contribution is -0.105. The van der Waals surface area contributed by atoms with Gasteiger partial charge in [-0.1, -0.05) is 22.9 Å². The summed E-state index contributed by atoms with van der Waals surface area (Å²) in [6.07, 6.45) is 0.583. The lowest BCUT2D eigenvalue weighted by Crippen LogP contribution is -2.07. The van der Waals surface area contributed by atoms with Crippen molar-refractivity contribution in [3.63, 3.8) is 0 Å². The number of nitrogens with one attached hydrogen (secondary N) is 2. The summed E-state index contributed by atoms with van der Waals surface area (Å²) in [5.41, 5.74) is 1.88. The zero-order valence-corrected chi connectivity index (χ0v) is 13.7. The molecule has 116 valence electrons. The van der Waals surface area contributed by atoms with Crippen LogP contribution in [0.4, 0.5) is 15.7 Å². The number of amides is 1. The third kappa shape index (κ3) is 3.58. The summed E-state index contributed by atoms with van der Waals surface area (Å²) in [5.74, 6) is -0.424. The van der Waals surface area contributed by atoms with Gasteiger partial charge in [0.1, 0.15) is 10.0 Å². The van der Waals surface area contributed by atoms with Gasteiger partial charge in [0.15, 0.2) is 0 Å². The Balaban J connectivity index is 2.39. The van der Waals surface area contributed by atoms with Crippen molar-refractivity contribution < 1.29 is 14.3 Å². The van der Waals surface area contributed by atoms with Crippen LogP contribution in [0.3, 0.4) is 0 Å². The third-order valence-electron chi connectivity index (χ3n) is 2.92. The number of thiophene rings is 1. The van der Waals surface area contributed by atoms with Gasteiger partial charge in [-0.15, -0.1) is 0 Å². The number of rotatable bonds is 6. The molecule has 2 N–H and O–H groups in total. The standard InChI is InChI=1S/C15H15ClN2O3S/c1-3-21-15(20)12-9(2)13(17-8-19)22-14(12)18-11-6-4-10(16)5-7-11/h4-8,18H,3H2,1-2H3,(H,17,19). The lowest BCUT2D eigenvalue weighted by Gasteiger charge is -2.08. The molecule has 1 aromatic heterocycles. The predicted octanol–water partition coefficient (Wildman–Crippen LogP) is 4.20. The predicted molar refractivity (Wildman–Crippen MR) is 89.4 cm³/mol. The Kier molecular flexibility index (Phi) is 5.41. The van der Waals surface area contributed by atoms with Crippen LogP contribution in [0.15, 0.2) is 24.3 Å². The monoisotopic (exact) mass is 338 g/mol. The number of hydrogen-bond acceptors (Lipinski definition) is 5. The number of benzene rings is 1. The topological polar surface area (TPSA) is 67.4 Å². The minimum absolute atomic E-state index is 0.283. The van der Waals surface area contributed by atoms with Gasteiger partial charge < -0.3 is 15.4 Å². The van der Waals surface area contributed by atoms with Crippen LogP contribution < -0.4 is 10.6 Å². The van der Waals surface area contributed by atoms with Gasteiger partial charge in [0.25, 0.3) is 0 Å². The van der Waals surface area contributed by atoms with Crippen LogP contribution in [0.2, 0.25) is 5.02 Å². The summed E-state index contributed by atoms with van der Waals surface area (Å²) in [6.45, 7) is 3.79. The molecule has 0 fully saturated rings. The fourth-order valence-electron chi connectivity index (χ4n) is 1.91. The van der Waals surface area contributed by atoms with E-state index in [0.29, 0.717) is 32.6 Å². The first-order chi connectivity index (χ1) is 10.6. The van der Waals surface area contributed by atoms with E-state index >= 15 is 0 Å². The molecular weight excluding hydrogens is 324 g/mol. The van der Waals surface area contributed by atoms with Gasteiger partial charge in [0.05, 0.1) is 12.2 Å². The molecule has 0 unspecified atom stereocenters. The Morgan fingerprint density at radius 3 is 2.59 bits per heavy atom. The quantitative estimate of drug-likeness (QED) is 0.612. The SMILES string of the molecule is CCOC(=O)c1c(Nc2ccc(Cl)cc2)sc(NC=O)c1C. The normalized spacial score (nSPS) is 10.1. The van der Waals surface area contributed by atoms with E-state index in [1.54, 1.807) is 38.1 Å². The van der Waals surface area contributed by atoms with Crippen molar-refractivity contribution >= 4 is 51.0 Å². The molecule has 2 rings (SSSR count). The Morgan fingerprint density at radius 1 is 1.32 bits per heavy atom. The largest absolute Gasteiger partial charge is 0.462 e. The van der Waals surface area contributed by atoms with Gasteiger partial charge >= 0.3 is 5.97 Å². The van der Waals surface area contributed by atoms with Crippen molar-refractivity contribution in [1.82, 2.24) is 0 Å². The minimum Gasteiger partial charge on any atom is -0.462 e. The van der Waals surface area contributed by atoms with Crippen molar-refractivity contribution in [3.05, 3.63) is 40.4 Å². The lowest BCUT2D eigenvalue weighted by atomic mass is 10.2. The summed E-state index contributed by atoms with van der Waals surface area (Å²) >= 11 is 7.14. The highest BCUT2D eigenvalue weighted by atomic mass is 35.5. The molecule has 0 bridgehead atoms. The molecular formula is C15H15ClN2O3S. The van der Waals surface area contributed by atoms with Crippen molar-refractivity contribution in [3.8, 4) is 0 Å². The third-order valence-corrected chi connectivity index (χ3v) is 4.31. The van der Waals surface area contributed by atoms with Crippen LogP contribution in [-0.4, -0.2) is 19.0 Å². The zero-order valence-electron chi connectivity index (χ0n) is 12.1. The van der Waals surface area contributed by atoms with Crippen LogP contribution in [0.25, 0.3) is 0 Å². The summed E-state index contributed by atoms with van der Waals surface area (Å²) < 4.78 is 5.09. The molecule has 1 amide bonds. The van der Waals surface area contributed by atoms with Crippen LogP contribution in [0, 0.1) is 6.92 Å². The van der Waals surface area contributed by atoms with Gasteiger partial charge in [0.2, 0.25) is 6.41 Å². The Hall–Kier alpha value is -2.05. The first-order valence-corrected chi connectivity index (χ1v) is 7.79. The molecule has 0 atom stereocenters. The van der Waals surface area contributed by atoms with E-state index in [0.717, 1.165) is 5.69 Å². The molecule has 0 saturated heterocycles. The highest BCUT2D eigenvalue weighted by molar-refractivity contribution is 7.20. The van der Waals surface area contributed by atoms with Crippen molar-refractivity contribution in [2.24, 2.45) is 0 Å². The number of hydrogen-bond donors (Lipinski definition) is 2. The zero-order chi connectivity index (χ0) is 16.1. The molecule has 0 aliphatic heterocycles.